The van der Waals surface area contributed by atoms with Gasteiger partial charge in [0.2, 0.25) is 0 Å². The molecule has 0 spiro atoms. The lowest BCUT2D eigenvalue weighted by atomic mass is 10.0. The summed E-state index contributed by atoms with van der Waals surface area (Å²) in [5.74, 6) is 0.351. The number of hydrogen-bond donors (Lipinski definition) is 3. The molecule has 0 amide bonds. The standard InChI is InChI=1S/C18H22FN3O/c1-20-18(21-11-14-6-5-9-17(19)10-14)22-12-16(13-23)15-7-3-2-4-8-15/h2-10,16,23H,11-13H2,1H3,(H2,20,21,22). The van der Waals surface area contributed by atoms with Crippen molar-refractivity contribution in [1.82, 2.24) is 10.6 Å². The van der Waals surface area contributed by atoms with Crippen LogP contribution >= 0.6 is 0 Å². The second-order valence-electron chi connectivity index (χ2n) is 5.23. The summed E-state index contributed by atoms with van der Waals surface area (Å²) >= 11 is 0. The first-order valence-corrected chi connectivity index (χ1v) is 7.57. The zero-order valence-corrected chi connectivity index (χ0v) is 13.2. The number of hydrogen-bond acceptors (Lipinski definition) is 2. The van der Waals surface area contributed by atoms with Crippen molar-refractivity contribution in [3.63, 3.8) is 0 Å². The lowest BCUT2D eigenvalue weighted by molar-refractivity contribution is 0.265. The SMILES string of the molecule is CN=C(NCc1cccc(F)c1)NCC(CO)c1ccccc1. The van der Waals surface area contributed by atoms with E-state index in [2.05, 4.69) is 15.6 Å². The third kappa shape index (κ3) is 5.38. The molecule has 0 aliphatic heterocycles. The van der Waals surface area contributed by atoms with Crippen molar-refractivity contribution in [1.29, 1.82) is 0 Å². The smallest absolute Gasteiger partial charge is 0.191 e. The van der Waals surface area contributed by atoms with Crippen LogP contribution < -0.4 is 10.6 Å². The lowest BCUT2D eigenvalue weighted by Gasteiger charge is -2.18. The van der Waals surface area contributed by atoms with Crippen molar-refractivity contribution in [3.05, 3.63) is 71.5 Å². The van der Waals surface area contributed by atoms with Crippen molar-refractivity contribution >= 4 is 5.96 Å². The van der Waals surface area contributed by atoms with Gasteiger partial charge in [0, 0.05) is 26.1 Å². The van der Waals surface area contributed by atoms with Gasteiger partial charge in [-0.05, 0) is 23.3 Å². The fraction of sp³-hybridized carbons (Fsp3) is 0.278. The summed E-state index contributed by atoms with van der Waals surface area (Å²) in [5.41, 5.74) is 1.91. The van der Waals surface area contributed by atoms with Crippen LogP contribution in [-0.4, -0.2) is 31.3 Å². The second-order valence-corrected chi connectivity index (χ2v) is 5.23. The second kappa shape index (κ2) is 8.90. The summed E-state index contributed by atoms with van der Waals surface area (Å²) in [6, 6.07) is 16.3. The minimum absolute atomic E-state index is 0.0103. The van der Waals surface area contributed by atoms with Crippen LogP contribution in [0.25, 0.3) is 0 Å². The summed E-state index contributed by atoms with van der Waals surface area (Å²) in [6.45, 7) is 1.09. The number of nitrogens with one attached hydrogen (secondary N) is 2. The molecule has 3 N–H and O–H groups in total. The fourth-order valence-electron chi connectivity index (χ4n) is 2.29. The van der Waals surface area contributed by atoms with E-state index in [-0.39, 0.29) is 18.3 Å². The van der Waals surface area contributed by atoms with E-state index in [1.54, 1.807) is 13.1 Å². The molecule has 122 valence electrons. The largest absolute Gasteiger partial charge is 0.396 e. The van der Waals surface area contributed by atoms with Gasteiger partial charge in [0.1, 0.15) is 5.82 Å². The zero-order chi connectivity index (χ0) is 16.5. The third-order valence-corrected chi connectivity index (χ3v) is 3.58. The molecule has 2 aromatic rings. The van der Waals surface area contributed by atoms with Gasteiger partial charge in [0.05, 0.1) is 6.61 Å². The molecule has 0 fully saturated rings. The molecular weight excluding hydrogens is 293 g/mol. The molecule has 0 saturated heterocycles. The Morgan fingerprint density at radius 2 is 1.91 bits per heavy atom. The van der Waals surface area contributed by atoms with E-state index < -0.39 is 0 Å². The maximum absolute atomic E-state index is 13.2. The fourth-order valence-corrected chi connectivity index (χ4v) is 2.29. The van der Waals surface area contributed by atoms with Gasteiger partial charge in [0.25, 0.3) is 0 Å². The molecule has 4 nitrogen and oxygen atoms in total. The highest BCUT2D eigenvalue weighted by atomic mass is 19.1. The number of aliphatic imine (C=N–C) groups is 1. The van der Waals surface area contributed by atoms with Crippen LogP contribution in [0.5, 0.6) is 0 Å². The number of nitrogens with zero attached hydrogens (tertiary/aromatic N) is 1. The maximum Gasteiger partial charge on any atom is 0.191 e. The van der Waals surface area contributed by atoms with E-state index in [1.807, 2.05) is 36.4 Å². The summed E-state index contributed by atoms with van der Waals surface area (Å²) in [7, 11) is 1.68. The number of halogens is 1. The van der Waals surface area contributed by atoms with Crippen LogP contribution in [0.1, 0.15) is 17.0 Å². The predicted molar refractivity (Wildman–Crippen MR) is 90.9 cm³/mol. The number of aliphatic hydroxyl groups excluding tert-OH is 1. The molecular formula is C18H22FN3O. The van der Waals surface area contributed by atoms with E-state index in [0.717, 1.165) is 11.1 Å². The van der Waals surface area contributed by atoms with Crippen LogP contribution in [0.2, 0.25) is 0 Å². The molecule has 0 bridgehead atoms. The first kappa shape index (κ1) is 17.0. The van der Waals surface area contributed by atoms with Gasteiger partial charge in [-0.2, -0.15) is 0 Å². The Hall–Kier alpha value is -2.40. The van der Waals surface area contributed by atoms with Gasteiger partial charge in [-0.1, -0.05) is 42.5 Å². The summed E-state index contributed by atoms with van der Waals surface area (Å²) in [5, 5.41) is 15.9. The number of rotatable bonds is 6. The molecule has 2 aromatic carbocycles. The number of benzene rings is 2. The maximum atomic E-state index is 13.2. The summed E-state index contributed by atoms with van der Waals surface area (Å²) in [6.07, 6.45) is 0. The Balaban J connectivity index is 1.87. The van der Waals surface area contributed by atoms with Crippen LogP contribution in [0.4, 0.5) is 4.39 Å². The Morgan fingerprint density at radius 3 is 2.57 bits per heavy atom. The van der Waals surface area contributed by atoms with Crippen LogP contribution in [-0.2, 0) is 6.54 Å². The molecule has 0 radical (unpaired) electrons. The van der Waals surface area contributed by atoms with E-state index in [9.17, 15) is 9.50 Å². The molecule has 0 aliphatic rings. The van der Waals surface area contributed by atoms with Crippen molar-refractivity contribution in [3.8, 4) is 0 Å². The molecule has 23 heavy (non-hydrogen) atoms. The quantitative estimate of drug-likeness (QED) is 0.566. The Labute approximate surface area is 136 Å². The van der Waals surface area contributed by atoms with E-state index >= 15 is 0 Å². The van der Waals surface area contributed by atoms with Gasteiger partial charge in [-0.15, -0.1) is 0 Å². The highest BCUT2D eigenvalue weighted by Crippen LogP contribution is 2.13. The van der Waals surface area contributed by atoms with Gasteiger partial charge in [-0.25, -0.2) is 4.39 Å². The first-order valence-electron chi connectivity index (χ1n) is 7.57. The monoisotopic (exact) mass is 315 g/mol. The first-order chi connectivity index (χ1) is 11.2. The van der Waals surface area contributed by atoms with Gasteiger partial charge >= 0.3 is 0 Å². The van der Waals surface area contributed by atoms with Crippen LogP contribution in [0.15, 0.2) is 59.6 Å². The van der Waals surface area contributed by atoms with Crippen molar-refractivity contribution in [2.75, 3.05) is 20.2 Å². The number of aliphatic hydroxyl groups is 1. The van der Waals surface area contributed by atoms with Gasteiger partial charge < -0.3 is 15.7 Å². The molecule has 0 aliphatic carbocycles. The molecule has 0 aromatic heterocycles. The molecule has 1 atom stereocenters. The molecule has 0 heterocycles. The average Bonchev–Trinajstić information content (AvgIpc) is 2.59. The van der Waals surface area contributed by atoms with Crippen molar-refractivity contribution in [2.45, 2.75) is 12.5 Å². The van der Waals surface area contributed by atoms with E-state index in [4.69, 9.17) is 0 Å². The molecule has 5 heteroatoms. The normalized spacial score (nSPS) is 12.7. The molecule has 1 unspecified atom stereocenters. The Morgan fingerprint density at radius 1 is 1.13 bits per heavy atom. The minimum Gasteiger partial charge on any atom is -0.396 e. The van der Waals surface area contributed by atoms with E-state index in [0.29, 0.717) is 19.0 Å². The molecule has 0 saturated carbocycles. The van der Waals surface area contributed by atoms with Crippen molar-refractivity contribution in [2.24, 2.45) is 4.99 Å². The predicted octanol–water partition coefficient (Wildman–Crippen LogP) is 2.27. The lowest BCUT2D eigenvalue weighted by Crippen LogP contribution is -2.39. The average molecular weight is 315 g/mol. The highest BCUT2D eigenvalue weighted by Gasteiger charge is 2.10. The number of guanidine groups is 1. The highest BCUT2D eigenvalue weighted by molar-refractivity contribution is 5.79. The van der Waals surface area contributed by atoms with Crippen LogP contribution in [0, 0.1) is 5.82 Å². The van der Waals surface area contributed by atoms with Crippen LogP contribution in [0.3, 0.4) is 0 Å². The topological polar surface area (TPSA) is 56.7 Å². The Kier molecular flexibility index (Phi) is 6.56. The minimum atomic E-state index is -0.253. The van der Waals surface area contributed by atoms with Crippen molar-refractivity contribution < 1.29 is 9.50 Å². The third-order valence-electron chi connectivity index (χ3n) is 3.58. The van der Waals surface area contributed by atoms with Gasteiger partial charge in [0.15, 0.2) is 5.96 Å². The summed E-state index contributed by atoms with van der Waals surface area (Å²) < 4.78 is 13.2. The van der Waals surface area contributed by atoms with E-state index in [1.165, 1.54) is 12.1 Å². The summed E-state index contributed by atoms with van der Waals surface area (Å²) in [4.78, 5) is 4.14. The van der Waals surface area contributed by atoms with Gasteiger partial charge in [-0.3, -0.25) is 4.99 Å². The zero-order valence-electron chi connectivity index (χ0n) is 13.2. The molecule has 2 rings (SSSR count). The Bertz CT molecular complexity index is 631.